The second-order valence-electron chi connectivity index (χ2n) is 8.62. The molecule has 1 saturated heterocycles. The van der Waals surface area contributed by atoms with E-state index in [9.17, 15) is 28.2 Å². The molecule has 2 heterocycles. The third-order valence-corrected chi connectivity index (χ3v) is 7.82. The van der Waals surface area contributed by atoms with E-state index in [1.807, 2.05) is 0 Å². The minimum Gasteiger partial charge on any atom is -0.508 e. The number of rotatable bonds is 6. The number of fused-ring (bicyclic) bond motifs is 2. The monoisotopic (exact) mass is 539 g/mol. The van der Waals surface area contributed by atoms with Gasteiger partial charge in [-0.2, -0.15) is 8.42 Å². The van der Waals surface area contributed by atoms with Gasteiger partial charge < -0.3 is 29.0 Å². The molecule has 3 atom stereocenters. The zero-order valence-electron chi connectivity index (χ0n) is 19.5. The zero-order valence-corrected chi connectivity index (χ0v) is 20.3. The number of amides is 1. The number of benzene rings is 3. The lowest BCUT2D eigenvalue weighted by molar-refractivity contribution is 0.116. The van der Waals surface area contributed by atoms with Gasteiger partial charge in [0.25, 0.3) is 0 Å². The summed E-state index contributed by atoms with van der Waals surface area (Å²) in [5.41, 5.74) is 3.08. The first-order valence-electron chi connectivity index (χ1n) is 11.3. The SMILES string of the molecule is O=C(O)OC(=O)Nc1ccc(OS(=O)(=O)C2CC3OC2C(c2ccc(O)cc2)=C3c2ccc(O)cc2)cc1. The Labute approximate surface area is 216 Å². The van der Waals surface area contributed by atoms with E-state index in [1.165, 1.54) is 36.4 Å². The number of nitrogens with one attached hydrogen (secondary N) is 1. The van der Waals surface area contributed by atoms with E-state index in [0.29, 0.717) is 11.1 Å². The number of anilines is 1. The summed E-state index contributed by atoms with van der Waals surface area (Å²) >= 11 is 0. The van der Waals surface area contributed by atoms with Crippen molar-refractivity contribution in [1.82, 2.24) is 0 Å². The van der Waals surface area contributed by atoms with Crippen molar-refractivity contribution in [1.29, 1.82) is 0 Å². The molecule has 0 radical (unpaired) electrons. The smallest absolute Gasteiger partial charge is 0.508 e. The highest BCUT2D eigenvalue weighted by atomic mass is 32.2. The van der Waals surface area contributed by atoms with Gasteiger partial charge in [-0.1, -0.05) is 24.3 Å². The van der Waals surface area contributed by atoms with Gasteiger partial charge in [-0.05, 0) is 70.8 Å². The van der Waals surface area contributed by atoms with Crippen LogP contribution in [0.1, 0.15) is 17.5 Å². The second-order valence-corrected chi connectivity index (χ2v) is 10.4. The quantitative estimate of drug-likeness (QED) is 0.202. The average Bonchev–Trinajstić information content (AvgIpc) is 3.46. The molecule has 3 unspecified atom stereocenters. The molecule has 3 aromatic carbocycles. The van der Waals surface area contributed by atoms with Crippen molar-refractivity contribution < 1.29 is 47.0 Å². The number of carbonyl (C=O) groups excluding carboxylic acids is 1. The Kier molecular flexibility index (Phi) is 6.43. The topological polar surface area (TPSA) is 169 Å². The van der Waals surface area contributed by atoms with E-state index in [0.717, 1.165) is 11.1 Å². The molecule has 1 amide bonds. The number of phenolic OH excluding ortho intramolecular Hbond substituents is 2. The number of hydrogen-bond donors (Lipinski definition) is 4. The Morgan fingerprint density at radius 2 is 1.39 bits per heavy atom. The molecule has 0 spiro atoms. The number of aromatic hydroxyl groups is 2. The van der Waals surface area contributed by atoms with Gasteiger partial charge in [-0.25, -0.2) is 9.59 Å². The Morgan fingerprint density at radius 1 is 0.842 bits per heavy atom. The minimum absolute atomic E-state index is 0.0150. The van der Waals surface area contributed by atoms with Crippen LogP contribution < -0.4 is 9.50 Å². The van der Waals surface area contributed by atoms with Crippen LogP contribution >= 0.6 is 0 Å². The van der Waals surface area contributed by atoms with E-state index in [-0.39, 0.29) is 29.4 Å². The molecular formula is C26H21NO10S. The Balaban J connectivity index is 1.41. The molecule has 0 aromatic heterocycles. The molecule has 4 N–H and O–H groups in total. The lowest BCUT2D eigenvalue weighted by atomic mass is 9.83. The largest absolute Gasteiger partial charge is 0.514 e. The van der Waals surface area contributed by atoms with E-state index in [4.69, 9.17) is 14.0 Å². The number of hydrogen-bond acceptors (Lipinski definition) is 9. The molecule has 2 bridgehead atoms. The summed E-state index contributed by atoms with van der Waals surface area (Å²) in [5.74, 6) is 0.142. The van der Waals surface area contributed by atoms with Crippen molar-refractivity contribution in [2.45, 2.75) is 23.9 Å². The third kappa shape index (κ3) is 4.99. The second kappa shape index (κ2) is 9.72. The third-order valence-electron chi connectivity index (χ3n) is 6.21. The Hall–Kier alpha value is -4.55. The van der Waals surface area contributed by atoms with Crippen LogP contribution in [0.4, 0.5) is 15.3 Å². The first-order valence-corrected chi connectivity index (χ1v) is 12.8. The van der Waals surface area contributed by atoms with Crippen LogP contribution in [0.25, 0.3) is 11.1 Å². The molecule has 12 heteroatoms. The van der Waals surface area contributed by atoms with Crippen LogP contribution in [0, 0.1) is 0 Å². The van der Waals surface area contributed by atoms with Crippen molar-refractivity contribution in [3.05, 3.63) is 83.9 Å². The van der Waals surface area contributed by atoms with Gasteiger partial charge in [0, 0.05) is 12.1 Å². The Morgan fingerprint density at radius 3 is 1.95 bits per heavy atom. The number of carboxylic acid groups (broad SMARTS) is 1. The van der Waals surface area contributed by atoms with Gasteiger partial charge in [0.2, 0.25) is 0 Å². The van der Waals surface area contributed by atoms with Crippen molar-refractivity contribution in [3.8, 4) is 17.2 Å². The van der Waals surface area contributed by atoms with Gasteiger partial charge in [0.15, 0.2) is 0 Å². The highest BCUT2D eigenvalue weighted by molar-refractivity contribution is 7.87. The number of ether oxygens (including phenoxy) is 2. The fourth-order valence-corrected chi connectivity index (χ4v) is 6.06. The number of phenols is 2. The van der Waals surface area contributed by atoms with E-state index >= 15 is 0 Å². The van der Waals surface area contributed by atoms with Crippen LogP contribution in [0.2, 0.25) is 0 Å². The summed E-state index contributed by atoms with van der Waals surface area (Å²) in [5, 5.41) is 29.1. The maximum absolute atomic E-state index is 13.3. The lowest BCUT2D eigenvalue weighted by Crippen LogP contribution is -2.35. The van der Waals surface area contributed by atoms with Crippen molar-refractivity contribution in [2.75, 3.05) is 5.32 Å². The summed E-state index contributed by atoms with van der Waals surface area (Å²) in [6.07, 6.45) is -4.22. The zero-order chi connectivity index (χ0) is 27.0. The van der Waals surface area contributed by atoms with Crippen LogP contribution in [-0.2, 0) is 19.6 Å². The molecule has 0 aliphatic carbocycles. The molecule has 2 aliphatic heterocycles. The maximum Gasteiger partial charge on any atom is 0.514 e. The molecule has 2 aliphatic rings. The van der Waals surface area contributed by atoms with E-state index in [2.05, 4.69) is 10.1 Å². The van der Waals surface area contributed by atoms with Gasteiger partial charge in [-0.15, -0.1) is 0 Å². The Bertz CT molecular complexity index is 1510. The molecule has 11 nitrogen and oxygen atoms in total. The fraction of sp³-hybridized carbons (Fsp3) is 0.154. The van der Waals surface area contributed by atoms with Crippen LogP contribution in [0.15, 0.2) is 72.8 Å². The molecular weight excluding hydrogens is 518 g/mol. The van der Waals surface area contributed by atoms with Gasteiger partial charge in [0.05, 0.1) is 6.10 Å². The van der Waals surface area contributed by atoms with E-state index in [1.54, 1.807) is 36.4 Å². The van der Waals surface area contributed by atoms with Crippen LogP contribution in [0.3, 0.4) is 0 Å². The molecule has 1 fully saturated rings. The molecule has 38 heavy (non-hydrogen) atoms. The van der Waals surface area contributed by atoms with Crippen molar-refractivity contribution in [3.63, 3.8) is 0 Å². The summed E-state index contributed by atoms with van der Waals surface area (Å²) in [4.78, 5) is 21.8. The molecule has 196 valence electrons. The lowest BCUT2D eigenvalue weighted by Gasteiger charge is -2.24. The highest BCUT2D eigenvalue weighted by Gasteiger charge is 2.53. The standard InChI is InChI=1S/C26H21NO10S/c28-17-7-1-14(2-8-17)22-20-13-21(24(35-20)23(22)15-3-9-18(29)10-4-15)38(33,34)37-19-11-5-16(6-12-19)27-25(30)36-26(31)32/h1-12,20-21,24,28-29H,13H2,(H,27,30)(H,31,32). The summed E-state index contributed by atoms with van der Waals surface area (Å²) in [6.45, 7) is 0. The van der Waals surface area contributed by atoms with Gasteiger partial charge in [-0.3, -0.25) is 5.32 Å². The first-order chi connectivity index (χ1) is 18.1. The molecule has 3 aromatic rings. The first kappa shape index (κ1) is 25.1. The van der Waals surface area contributed by atoms with Crippen molar-refractivity contribution >= 4 is 39.2 Å². The van der Waals surface area contributed by atoms with Crippen molar-refractivity contribution in [2.24, 2.45) is 0 Å². The maximum atomic E-state index is 13.3. The van der Waals surface area contributed by atoms with Crippen LogP contribution in [-0.4, -0.2) is 53.4 Å². The summed E-state index contributed by atoms with van der Waals surface area (Å²) < 4.78 is 42.2. The van der Waals surface area contributed by atoms with Gasteiger partial charge in [0.1, 0.15) is 28.6 Å². The summed E-state index contributed by atoms with van der Waals surface area (Å²) in [6, 6.07) is 18.2. The molecule has 5 rings (SSSR count). The summed E-state index contributed by atoms with van der Waals surface area (Å²) in [7, 11) is -4.20. The van der Waals surface area contributed by atoms with Gasteiger partial charge >= 0.3 is 22.4 Å². The highest BCUT2D eigenvalue weighted by Crippen LogP contribution is 2.51. The predicted octanol–water partition coefficient (Wildman–Crippen LogP) is 4.18. The normalized spacial score (nSPS) is 20.3. The average molecular weight is 540 g/mol. The minimum atomic E-state index is -4.20. The van der Waals surface area contributed by atoms with E-state index < -0.39 is 39.8 Å². The molecule has 0 saturated carbocycles. The fourth-order valence-electron chi connectivity index (χ4n) is 4.65. The van der Waals surface area contributed by atoms with Crippen LogP contribution in [0.5, 0.6) is 17.2 Å². The predicted molar refractivity (Wildman–Crippen MR) is 134 cm³/mol. The number of carbonyl (C=O) groups is 2.